The van der Waals surface area contributed by atoms with Crippen molar-refractivity contribution in [2.45, 2.75) is 32.7 Å². The molecule has 104 valence electrons. The van der Waals surface area contributed by atoms with E-state index in [1.54, 1.807) is 12.1 Å². The van der Waals surface area contributed by atoms with Gasteiger partial charge in [-0.25, -0.2) is 4.39 Å². The number of thiocarbonyl (C=S) groups is 1. The zero-order valence-electron chi connectivity index (χ0n) is 11.4. The van der Waals surface area contributed by atoms with Gasteiger partial charge in [0.05, 0.1) is 0 Å². The van der Waals surface area contributed by atoms with E-state index >= 15 is 0 Å². The average molecular weight is 280 g/mol. The molecule has 4 heteroatoms. The number of rotatable bonds is 3. The summed E-state index contributed by atoms with van der Waals surface area (Å²) >= 11 is 5.04. The molecule has 1 heterocycles. The van der Waals surface area contributed by atoms with Gasteiger partial charge in [-0.3, -0.25) is 4.90 Å². The second-order valence-corrected chi connectivity index (χ2v) is 5.92. The summed E-state index contributed by atoms with van der Waals surface area (Å²) in [7, 11) is 0. The monoisotopic (exact) mass is 280 g/mol. The van der Waals surface area contributed by atoms with E-state index in [0.717, 1.165) is 36.7 Å². The van der Waals surface area contributed by atoms with Gasteiger partial charge in [-0.15, -0.1) is 0 Å². The maximum absolute atomic E-state index is 13.4. The molecule has 1 aliphatic heterocycles. The Labute approximate surface area is 119 Å². The molecule has 1 fully saturated rings. The fourth-order valence-corrected chi connectivity index (χ4v) is 2.85. The van der Waals surface area contributed by atoms with Gasteiger partial charge in [0.1, 0.15) is 10.8 Å². The van der Waals surface area contributed by atoms with Crippen molar-refractivity contribution in [1.29, 1.82) is 0 Å². The first-order chi connectivity index (χ1) is 9.06. The molecule has 0 aliphatic carbocycles. The Bertz CT molecular complexity index is 461. The van der Waals surface area contributed by atoms with Crippen molar-refractivity contribution in [2.75, 3.05) is 13.1 Å². The number of likely N-dealkylation sites (tertiary alicyclic amines) is 1. The Hall–Kier alpha value is -1.00. The number of hydrogen-bond acceptors (Lipinski definition) is 2. The molecule has 0 saturated carbocycles. The third kappa shape index (κ3) is 3.98. The topological polar surface area (TPSA) is 29.3 Å². The maximum atomic E-state index is 13.4. The van der Waals surface area contributed by atoms with Gasteiger partial charge in [-0.2, -0.15) is 0 Å². The van der Waals surface area contributed by atoms with E-state index in [1.807, 2.05) is 0 Å². The molecular formula is C15H21FN2S. The predicted molar refractivity (Wildman–Crippen MR) is 80.6 cm³/mol. The van der Waals surface area contributed by atoms with Crippen molar-refractivity contribution < 1.29 is 4.39 Å². The molecule has 0 spiro atoms. The minimum atomic E-state index is -0.224. The summed E-state index contributed by atoms with van der Waals surface area (Å²) in [5.74, 6) is 0.561. The lowest BCUT2D eigenvalue weighted by atomic mass is 10.0. The van der Waals surface area contributed by atoms with E-state index in [0.29, 0.717) is 4.99 Å². The first-order valence-electron chi connectivity index (χ1n) is 6.87. The van der Waals surface area contributed by atoms with Crippen molar-refractivity contribution >= 4 is 17.2 Å². The van der Waals surface area contributed by atoms with E-state index < -0.39 is 0 Å². The highest BCUT2D eigenvalue weighted by Crippen LogP contribution is 2.20. The van der Waals surface area contributed by atoms with Crippen LogP contribution >= 0.6 is 12.2 Å². The second kappa shape index (κ2) is 6.44. The van der Waals surface area contributed by atoms with Gasteiger partial charge in [0.25, 0.3) is 0 Å². The lowest BCUT2D eigenvalue weighted by molar-refractivity contribution is 0.273. The van der Waals surface area contributed by atoms with Crippen LogP contribution in [0.2, 0.25) is 0 Å². The summed E-state index contributed by atoms with van der Waals surface area (Å²) in [6, 6.07) is 4.67. The van der Waals surface area contributed by atoms with Crippen LogP contribution in [-0.4, -0.2) is 23.0 Å². The Balaban J connectivity index is 2.13. The molecule has 2 N–H and O–H groups in total. The summed E-state index contributed by atoms with van der Waals surface area (Å²) in [4.78, 5) is 2.72. The molecule has 2 rings (SSSR count). The minimum absolute atomic E-state index is 0.224. The van der Waals surface area contributed by atoms with Crippen molar-refractivity contribution in [1.82, 2.24) is 4.90 Å². The Kier molecular flexibility index (Phi) is 4.88. The zero-order chi connectivity index (χ0) is 13.8. The molecular weight excluding hydrogens is 259 g/mol. The summed E-state index contributed by atoms with van der Waals surface area (Å²) in [5, 5.41) is 0. The summed E-state index contributed by atoms with van der Waals surface area (Å²) < 4.78 is 13.4. The van der Waals surface area contributed by atoms with Gasteiger partial charge < -0.3 is 5.73 Å². The highest BCUT2D eigenvalue weighted by molar-refractivity contribution is 7.80. The van der Waals surface area contributed by atoms with Gasteiger partial charge >= 0.3 is 0 Å². The number of nitrogens with two attached hydrogens (primary N) is 1. The van der Waals surface area contributed by atoms with Crippen molar-refractivity contribution in [2.24, 2.45) is 11.7 Å². The zero-order valence-corrected chi connectivity index (χ0v) is 12.2. The number of hydrogen-bond donors (Lipinski definition) is 1. The third-order valence-corrected chi connectivity index (χ3v) is 4.06. The number of nitrogens with zero attached hydrogens (tertiary/aromatic N) is 1. The van der Waals surface area contributed by atoms with Gasteiger partial charge in [0, 0.05) is 12.1 Å². The second-order valence-electron chi connectivity index (χ2n) is 5.48. The van der Waals surface area contributed by atoms with Gasteiger partial charge in [0.15, 0.2) is 0 Å². The van der Waals surface area contributed by atoms with Crippen LogP contribution in [0.25, 0.3) is 0 Å². The van der Waals surface area contributed by atoms with Crippen LogP contribution in [0, 0.1) is 11.7 Å². The van der Waals surface area contributed by atoms with Crippen molar-refractivity contribution in [3.8, 4) is 0 Å². The van der Waals surface area contributed by atoms with Crippen LogP contribution in [0.15, 0.2) is 18.2 Å². The Morgan fingerprint density at radius 2 is 2.21 bits per heavy atom. The van der Waals surface area contributed by atoms with Crippen LogP contribution in [0.5, 0.6) is 0 Å². The molecule has 2 nitrogen and oxygen atoms in total. The molecule has 1 aromatic rings. The molecule has 19 heavy (non-hydrogen) atoms. The number of benzene rings is 1. The average Bonchev–Trinajstić information content (AvgIpc) is 2.54. The predicted octanol–water partition coefficient (Wildman–Crippen LogP) is 3.08. The van der Waals surface area contributed by atoms with E-state index in [9.17, 15) is 4.39 Å². The molecule has 0 bridgehead atoms. The fraction of sp³-hybridized carbons (Fsp3) is 0.533. The number of halogens is 1. The van der Waals surface area contributed by atoms with E-state index in [4.69, 9.17) is 18.0 Å². The summed E-state index contributed by atoms with van der Waals surface area (Å²) in [6.45, 7) is 5.16. The Morgan fingerprint density at radius 1 is 1.42 bits per heavy atom. The van der Waals surface area contributed by atoms with Gasteiger partial charge in [0.2, 0.25) is 0 Å². The molecule has 0 amide bonds. The molecule has 1 atom stereocenters. The first kappa shape index (κ1) is 14.4. The Morgan fingerprint density at radius 3 is 2.95 bits per heavy atom. The highest BCUT2D eigenvalue weighted by Gasteiger charge is 2.16. The summed E-state index contributed by atoms with van der Waals surface area (Å²) in [5.41, 5.74) is 7.42. The largest absolute Gasteiger partial charge is 0.389 e. The van der Waals surface area contributed by atoms with Crippen molar-refractivity contribution in [3.63, 3.8) is 0 Å². The van der Waals surface area contributed by atoms with Crippen LogP contribution in [-0.2, 0) is 6.54 Å². The lowest BCUT2D eigenvalue weighted by Gasteiger charge is -2.21. The lowest BCUT2D eigenvalue weighted by Crippen LogP contribution is -2.26. The molecule has 1 unspecified atom stereocenters. The van der Waals surface area contributed by atoms with Crippen LogP contribution in [0.1, 0.15) is 37.3 Å². The minimum Gasteiger partial charge on any atom is -0.389 e. The normalized spacial score (nSPS) is 21.1. The standard InChI is InChI=1S/C15H21FN2S/c1-11-3-2-7-18(8-6-11)10-12-9-13(16)4-5-14(12)15(17)19/h4-5,9,11H,2-3,6-8,10H2,1H3,(H2,17,19). The third-order valence-electron chi connectivity index (χ3n) is 3.84. The SMILES string of the molecule is CC1CCCN(Cc2cc(F)ccc2C(N)=S)CC1. The van der Waals surface area contributed by atoms with E-state index in [1.165, 1.54) is 25.3 Å². The summed E-state index contributed by atoms with van der Waals surface area (Å²) in [6.07, 6.45) is 3.69. The highest BCUT2D eigenvalue weighted by atomic mass is 32.1. The molecule has 1 aliphatic rings. The first-order valence-corrected chi connectivity index (χ1v) is 7.27. The van der Waals surface area contributed by atoms with Crippen LogP contribution in [0.4, 0.5) is 4.39 Å². The van der Waals surface area contributed by atoms with Crippen molar-refractivity contribution in [3.05, 3.63) is 35.1 Å². The molecule has 0 aromatic heterocycles. The maximum Gasteiger partial charge on any atom is 0.123 e. The van der Waals surface area contributed by atoms with Gasteiger partial charge in [-0.05, 0) is 62.0 Å². The molecule has 1 aromatic carbocycles. The molecule has 0 radical (unpaired) electrons. The van der Waals surface area contributed by atoms with E-state index in [-0.39, 0.29) is 5.82 Å². The quantitative estimate of drug-likeness (QED) is 0.863. The van der Waals surface area contributed by atoms with Crippen LogP contribution < -0.4 is 5.73 Å². The van der Waals surface area contributed by atoms with Gasteiger partial charge in [-0.1, -0.05) is 19.1 Å². The fourth-order valence-electron chi connectivity index (χ4n) is 2.65. The van der Waals surface area contributed by atoms with E-state index in [2.05, 4.69) is 11.8 Å². The van der Waals surface area contributed by atoms with Crippen LogP contribution in [0.3, 0.4) is 0 Å². The smallest absolute Gasteiger partial charge is 0.123 e. The molecule has 1 saturated heterocycles.